The fraction of sp³-hybridized carbons (Fsp3) is 0.176. The molecule has 2 aliphatic rings. The average molecular weight is 346 g/mol. The van der Waals surface area contributed by atoms with Gasteiger partial charge in [-0.1, -0.05) is 24.3 Å². The summed E-state index contributed by atoms with van der Waals surface area (Å²) in [5.74, 6) is -0.00513. The molecule has 1 radical (unpaired) electrons. The molecule has 0 aromatic carbocycles. The molecule has 0 spiro atoms. The molecule has 2 rings (SSSR count). The Morgan fingerprint density at radius 2 is 1.41 bits per heavy atom. The Kier molecular flexibility index (Phi) is 7.37. The molecule has 0 aromatic rings. The van der Waals surface area contributed by atoms with E-state index in [1.807, 2.05) is 19.1 Å². The van der Waals surface area contributed by atoms with Crippen molar-refractivity contribution >= 4 is 11.6 Å². The predicted octanol–water partition coefficient (Wildman–Crippen LogP) is 1.71. The topological polar surface area (TPSA) is 58.2 Å². The fourth-order valence-corrected chi connectivity index (χ4v) is 1.84. The Balaban J connectivity index is 0.00000242. The molecule has 0 aliphatic heterocycles. The number of hydrogen-bond acceptors (Lipinski definition) is 4. The second-order valence-corrected chi connectivity index (χ2v) is 4.84. The van der Waals surface area contributed by atoms with Crippen LogP contribution in [0, 0.1) is 0 Å². The van der Waals surface area contributed by atoms with Crippen LogP contribution in [0.15, 0.2) is 72.2 Å². The van der Waals surface area contributed by atoms with E-state index in [1.54, 1.807) is 36.7 Å². The molecular weight excluding hydrogens is 328 g/mol. The minimum Gasteiger partial charge on any atom is -0.388 e. The molecular formula is C17H18CuN2O2. The molecule has 2 aliphatic carbocycles. The predicted molar refractivity (Wildman–Crippen MR) is 83.3 cm³/mol. The summed E-state index contributed by atoms with van der Waals surface area (Å²) >= 11 is 0. The molecule has 0 saturated heterocycles. The summed E-state index contributed by atoms with van der Waals surface area (Å²) in [7, 11) is 0. The van der Waals surface area contributed by atoms with Crippen molar-refractivity contribution in [1.29, 1.82) is 0 Å². The first-order valence-electron chi connectivity index (χ1n) is 6.85. The van der Waals surface area contributed by atoms with Crippen LogP contribution in [0.1, 0.15) is 6.92 Å². The van der Waals surface area contributed by atoms with Crippen molar-refractivity contribution in [3.8, 4) is 0 Å². The molecule has 5 heteroatoms. The van der Waals surface area contributed by atoms with E-state index in [1.165, 1.54) is 12.2 Å². The van der Waals surface area contributed by atoms with E-state index in [0.29, 0.717) is 17.7 Å². The zero-order valence-corrected chi connectivity index (χ0v) is 13.1. The second kappa shape index (κ2) is 9.03. The third-order valence-corrected chi connectivity index (χ3v) is 3.04. The van der Waals surface area contributed by atoms with Crippen LogP contribution in [0.2, 0.25) is 0 Å². The first-order valence-corrected chi connectivity index (χ1v) is 6.85. The van der Waals surface area contributed by atoms with Crippen LogP contribution in [0.4, 0.5) is 0 Å². The maximum absolute atomic E-state index is 11.5. The third kappa shape index (κ3) is 5.35. The summed E-state index contributed by atoms with van der Waals surface area (Å²) in [6.45, 7) is 2.64. The van der Waals surface area contributed by atoms with Gasteiger partial charge in [0.05, 0.1) is 0 Å². The number of carbonyl (C=O) groups excluding carboxylic acids is 2. The molecule has 4 nitrogen and oxygen atoms in total. The summed E-state index contributed by atoms with van der Waals surface area (Å²) in [5, 5.41) is 6.26. The van der Waals surface area contributed by atoms with Gasteiger partial charge < -0.3 is 10.6 Å². The Morgan fingerprint density at radius 1 is 0.909 bits per heavy atom. The SMILES string of the molecule is CC(CNC=C1C=CC=CC1=O)NC=C1C=CC=CC1=O.[Cu]. The zero-order chi connectivity index (χ0) is 15.1. The number of carbonyl (C=O) groups is 2. The van der Waals surface area contributed by atoms with Crippen molar-refractivity contribution < 1.29 is 26.7 Å². The number of nitrogens with one attached hydrogen (secondary N) is 2. The maximum atomic E-state index is 11.5. The van der Waals surface area contributed by atoms with Gasteiger partial charge in [-0.3, -0.25) is 9.59 Å². The molecule has 0 bridgehead atoms. The Labute approximate surface area is 140 Å². The van der Waals surface area contributed by atoms with Gasteiger partial charge in [-0.25, -0.2) is 0 Å². The normalized spacial score (nSPS) is 21.1. The molecule has 0 aromatic heterocycles. The first-order chi connectivity index (χ1) is 10.2. The Hall–Kier alpha value is -2.10. The van der Waals surface area contributed by atoms with Gasteiger partial charge in [0.15, 0.2) is 11.6 Å². The van der Waals surface area contributed by atoms with Gasteiger partial charge in [0.1, 0.15) is 0 Å². The number of rotatable bonds is 5. The third-order valence-electron chi connectivity index (χ3n) is 3.04. The van der Waals surface area contributed by atoms with Crippen LogP contribution in [-0.4, -0.2) is 24.2 Å². The molecule has 1 unspecified atom stereocenters. The standard InChI is InChI=1S/C17H18N2O2.Cu/c1-13(19-12-15-7-3-5-9-17(15)21)10-18-11-14-6-2-4-8-16(14)20;/h2-9,11-13,18-19H,10H2,1H3;. The minimum absolute atomic E-state index is 0. The largest absolute Gasteiger partial charge is 0.388 e. The van der Waals surface area contributed by atoms with E-state index in [2.05, 4.69) is 10.6 Å². The molecule has 0 saturated carbocycles. The van der Waals surface area contributed by atoms with Gasteiger partial charge in [0.2, 0.25) is 0 Å². The maximum Gasteiger partial charge on any atom is 0.187 e. The van der Waals surface area contributed by atoms with Crippen LogP contribution < -0.4 is 10.6 Å². The summed E-state index contributed by atoms with van der Waals surface area (Å²) in [6, 6.07) is 0.125. The summed E-state index contributed by atoms with van der Waals surface area (Å²) < 4.78 is 0. The molecule has 119 valence electrons. The van der Waals surface area contributed by atoms with Crippen LogP contribution in [0.3, 0.4) is 0 Å². The Morgan fingerprint density at radius 3 is 1.95 bits per heavy atom. The van der Waals surface area contributed by atoms with E-state index in [0.717, 1.165) is 0 Å². The first kappa shape index (κ1) is 17.9. The molecule has 2 N–H and O–H groups in total. The summed E-state index contributed by atoms with van der Waals surface area (Å²) in [4.78, 5) is 23.1. The van der Waals surface area contributed by atoms with Gasteiger partial charge in [0.25, 0.3) is 0 Å². The van der Waals surface area contributed by atoms with Crippen molar-refractivity contribution in [2.45, 2.75) is 13.0 Å². The van der Waals surface area contributed by atoms with Crippen LogP contribution in [-0.2, 0) is 26.7 Å². The van der Waals surface area contributed by atoms with E-state index in [9.17, 15) is 9.59 Å². The fourth-order valence-electron chi connectivity index (χ4n) is 1.84. The van der Waals surface area contributed by atoms with Gasteiger partial charge in [-0.05, 0) is 31.2 Å². The van der Waals surface area contributed by atoms with Crippen molar-refractivity contribution in [3.05, 3.63) is 72.2 Å². The number of allylic oxidation sites excluding steroid dienone is 10. The van der Waals surface area contributed by atoms with Gasteiger partial charge in [-0.2, -0.15) is 0 Å². The van der Waals surface area contributed by atoms with Crippen molar-refractivity contribution in [1.82, 2.24) is 10.6 Å². The van der Waals surface area contributed by atoms with Crippen molar-refractivity contribution in [2.75, 3.05) is 6.54 Å². The van der Waals surface area contributed by atoms with E-state index in [-0.39, 0.29) is 34.7 Å². The quantitative estimate of drug-likeness (QED) is 0.588. The van der Waals surface area contributed by atoms with Gasteiger partial charge >= 0.3 is 0 Å². The average Bonchev–Trinajstić information content (AvgIpc) is 2.48. The Bertz CT molecular complexity index is 610. The monoisotopic (exact) mass is 345 g/mol. The zero-order valence-electron chi connectivity index (χ0n) is 12.2. The molecule has 1 atom stereocenters. The van der Waals surface area contributed by atoms with E-state index in [4.69, 9.17) is 0 Å². The molecule has 22 heavy (non-hydrogen) atoms. The van der Waals surface area contributed by atoms with Crippen LogP contribution in [0.5, 0.6) is 0 Å². The van der Waals surface area contributed by atoms with Crippen molar-refractivity contribution in [3.63, 3.8) is 0 Å². The van der Waals surface area contributed by atoms with Gasteiger partial charge in [-0.15, -0.1) is 0 Å². The number of hydrogen-bond donors (Lipinski definition) is 2. The van der Waals surface area contributed by atoms with Crippen molar-refractivity contribution in [2.24, 2.45) is 0 Å². The van der Waals surface area contributed by atoms with E-state index >= 15 is 0 Å². The molecule has 0 heterocycles. The number of ketones is 2. The second-order valence-electron chi connectivity index (χ2n) is 4.84. The van der Waals surface area contributed by atoms with Gasteiger partial charge in [0, 0.05) is 53.2 Å². The molecule has 0 fully saturated rings. The van der Waals surface area contributed by atoms with Crippen LogP contribution >= 0.6 is 0 Å². The molecule has 0 amide bonds. The summed E-state index contributed by atoms with van der Waals surface area (Å²) in [5.41, 5.74) is 1.27. The smallest absolute Gasteiger partial charge is 0.187 e. The van der Waals surface area contributed by atoms with Crippen LogP contribution in [0.25, 0.3) is 0 Å². The minimum atomic E-state index is -0.00277. The summed E-state index contributed by atoms with van der Waals surface area (Å²) in [6.07, 6.45) is 17.1. The van der Waals surface area contributed by atoms with E-state index < -0.39 is 0 Å².